The first-order chi connectivity index (χ1) is 9.52. The van der Waals surface area contributed by atoms with E-state index in [-0.39, 0.29) is 5.03 Å². The predicted molar refractivity (Wildman–Crippen MR) is 77.9 cm³/mol. The first kappa shape index (κ1) is 15.5. The van der Waals surface area contributed by atoms with E-state index >= 15 is 0 Å². The number of sulfonamides is 1. The van der Waals surface area contributed by atoms with Crippen LogP contribution in [0.4, 0.5) is 0 Å². The second-order valence-corrected chi connectivity index (χ2v) is 7.14. The number of hydrogen-bond donors (Lipinski definition) is 1. The van der Waals surface area contributed by atoms with Gasteiger partial charge in [0.1, 0.15) is 0 Å². The zero-order chi connectivity index (χ0) is 14.8. The summed E-state index contributed by atoms with van der Waals surface area (Å²) in [6.07, 6.45) is 5.01. The fourth-order valence-corrected chi connectivity index (χ4v) is 4.24. The normalized spacial score (nSPS) is 24.9. The molecule has 0 amide bonds. The Balaban J connectivity index is 2.18. The summed E-state index contributed by atoms with van der Waals surface area (Å²) in [5.74, 6) is 0.358. The Kier molecular flexibility index (Phi) is 4.82. The van der Waals surface area contributed by atoms with Crippen LogP contribution >= 0.6 is 0 Å². The van der Waals surface area contributed by atoms with Gasteiger partial charge in [-0.3, -0.25) is 0 Å². The average Bonchev–Trinajstić information content (AvgIpc) is 2.96. The Morgan fingerprint density at radius 2 is 2.20 bits per heavy atom. The molecule has 0 bridgehead atoms. The van der Waals surface area contributed by atoms with Crippen molar-refractivity contribution in [1.29, 1.82) is 0 Å². The van der Waals surface area contributed by atoms with Gasteiger partial charge in [-0.2, -0.15) is 4.31 Å². The summed E-state index contributed by atoms with van der Waals surface area (Å²) >= 11 is 0. The van der Waals surface area contributed by atoms with Gasteiger partial charge in [0.25, 0.3) is 10.0 Å². The fraction of sp³-hybridized carbons (Fsp3) is 0.769. The third kappa shape index (κ3) is 2.89. The van der Waals surface area contributed by atoms with Crippen molar-refractivity contribution in [1.82, 2.24) is 19.2 Å². The van der Waals surface area contributed by atoms with E-state index in [1.54, 1.807) is 21.4 Å². The third-order valence-corrected chi connectivity index (χ3v) is 5.92. The molecular weight excluding hydrogens is 276 g/mol. The van der Waals surface area contributed by atoms with E-state index in [0.717, 1.165) is 19.4 Å². The maximum Gasteiger partial charge on any atom is 0.262 e. The van der Waals surface area contributed by atoms with Gasteiger partial charge < -0.3 is 9.88 Å². The number of imidazole rings is 1. The molecule has 0 aromatic carbocycles. The van der Waals surface area contributed by atoms with Crippen molar-refractivity contribution >= 4 is 10.0 Å². The Morgan fingerprint density at radius 1 is 1.45 bits per heavy atom. The van der Waals surface area contributed by atoms with Crippen molar-refractivity contribution in [3.8, 4) is 0 Å². The largest absolute Gasteiger partial charge is 0.336 e. The molecule has 2 rings (SSSR count). The number of aryl methyl sites for hydroxylation is 1. The van der Waals surface area contributed by atoms with Crippen molar-refractivity contribution in [2.75, 3.05) is 20.1 Å². The molecule has 1 aromatic rings. The lowest BCUT2D eigenvalue weighted by Crippen LogP contribution is -2.50. The van der Waals surface area contributed by atoms with Crippen LogP contribution in [0.2, 0.25) is 0 Å². The van der Waals surface area contributed by atoms with E-state index in [4.69, 9.17) is 0 Å². The summed E-state index contributed by atoms with van der Waals surface area (Å²) in [5.41, 5.74) is 0. The highest BCUT2D eigenvalue weighted by Gasteiger charge is 2.35. The molecule has 7 heteroatoms. The summed E-state index contributed by atoms with van der Waals surface area (Å²) in [6.45, 7) is 5.93. The molecular formula is C13H24N4O2S. The minimum atomic E-state index is -3.45. The number of aromatic nitrogens is 2. The first-order valence-corrected chi connectivity index (χ1v) is 8.66. The van der Waals surface area contributed by atoms with Gasteiger partial charge in [-0.05, 0) is 26.3 Å². The standard InChI is InChI=1S/C13H24N4O2S/c1-4-11-8-17(7-6-12(11)14-3)20(18,19)13-9-16(5-2)10-15-13/h9-12,14H,4-8H2,1-3H3. The van der Waals surface area contributed by atoms with Crippen LogP contribution in [0.15, 0.2) is 17.6 Å². The maximum absolute atomic E-state index is 12.6. The molecule has 1 aromatic heterocycles. The third-order valence-electron chi connectivity index (χ3n) is 4.17. The molecule has 1 N–H and O–H groups in total. The van der Waals surface area contributed by atoms with Crippen molar-refractivity contribution < 1.29 is 8.42 Å². The summed E-state index contributed by atoms with van der Waals surface area (Å²) < 4.78 is 28.6. The molecule has 1 saturated heterocycles. The smallest absolute Gasteiger partial charge is 0.262 e. The Bertz CT molecular complexity index is 540. The zero-order valence-electron chi connectivity index (χ0n) is 12.4. The van der Waals surface area contributed by atoms with Crippen LogP contribution in [0, 0.1) is 5.92 Å². The lowest BCUT2D eigenvalue weighted by atomic mass is 9.91. The maximum atomic E-state index is 12.6. The topological polar surface area (TPSA) is 67.2 Å². The number of piperidine rings is 1. The summed E-state index contributed by atoms with van der Waals surface area (Å²) in [5, 5.41) is 3.45. The van der Waals surface area contributed by atoms with Crippen LogP contribution in [0.5, 0.6) is 0 Å². The lowest BCUT2D eigenvalue weighted by molar-refractivity contribution is 0.209. The molecule has 0 spiro atoms. The van der Waals surface area contributed by atoms with E-state index in [2.05, 4.69) is 17.2 Å². The minimum Gasteiger partial charge on any atom is -0.336 e. The number of rotatable bonds is 5. The molecule has 20 heavy (non-hydrogen) atoms. The van der Waals surface area contributed by atoms with Crippen molar-refractivity contribution in [2.24, 2.45) is 5.92 Å². The molecule has 0 radical (unpaired) electrons. The van der Waals surface area contributed by atoms with Gasteiger partial charge in [-0.1, -0.05) is 13.3 Å². The second-order valence-electron chi connectivity index (χ2n) is 5.26. The van der Waals surface area contributed by atoms with Gasteiger partial charge in [-0.15, -0.1) is 0 Å². The van der Waals surface area contributed by atoms with Crippen LogP contribution in [0.25, 0.3) is 0 Å². The van der Waals surface area contributed by atoms with Gasteiger partial charge in [0.15, 0.2) is 5.03 Å². The van der Waals surface area contributed by atoms with Gasteiger partial charge in [0, 0.05) is 31.9 Å². The van der Waals surface area contributed by atoms with Crippen LogP contribution in [-0.2, 0) is 16.6 Å². The van der Waals surface area contributed by atoms with E-state index in [1.807, 2.05) is 14.0 Å². The summed E-state index contributed by atoms with van der Waals surface area (Å²) in [4.78, 5) is 4.04. The highest BCUT2D eigenvalue weighted by molar-refractivity contribution is 7.89. The second kappa shape index (κ2) is 6.24. The molecule has 1 fully saturated rings. The van der Waals surface area contributed by atoms with Crippen LogP contribution in [-0.4, -0.2) is 48.5 Å². The van der Waals surface area contributed by atoms with Crippen LogP contribution < -0.4 is 5.32 Å². The number of hydrogen-bond acceptors (Lipinski definition) is 4. The van der Waals surface area contributed by atoms with E-state index < -0.39 is 10.0 Å². The molecule has 6 nitrogen and oxygen atoms in total. The summed E-state index contributed by atoms with van der Waals surface area (Å²) in [6, 6.07) is 0.402. The van der Waals surface area contributed by atoms with E-state index in [0.29, 0.717) is 25.0 Å². The van der Waals surface area contributed by atoms with Crippen LogP contribution in [0.1, 0.15) is 26.7 Å². The fourth-order valence-electron chi connectivity index (χ4n) is 2.79. The number of nitrogens with zero attached hydrogens (tertiary/aromatic N) is 3. The highest BCUT2D eigenvalue weighted by atomic mass is 32.2. The highest BCUT2D eigenvalue weighted by Crippen LogP contribution is 2.25. The quantitative estimate of drug-likeness (QED) is 0.878. The minimum absolute atomic E-state index is 0.164. The van der Waals surface area contributed by atoms with E-state index in [9.17, 15) is 8.42 Å². The molecule has 1 aliphatic heterocycles. The molecule has 114 valence electrons. The van der Waals surface area contributed by atoms with Gasteiger partial charge in [0.2, 0.25) is 0 Å². The summed E-state index contributed by atoms with van der Waals surface area (Å²) in [7, 11) is -1.51. The van der Waals surface area contributed by atoms with Gasteiger partial charge in [-0.25, -0.2) is 13.4 Å². The molecule has 2 unspecified atom stereocenters. The molecule has 1 aliphatic rings. The number of nitrogens with one attached hydrogen (secondary N) is 1. The van der Waals surface area contributed by atoms with Crippen molar-refractivity contribution in [2.45, 2.75) is 44.3 Å². The zero-order valence-corrected chi connectivity index (χ0v) is 13.2. The lowest BCUT2D eigenvalue weighted by Gasteiger charge is -2.37. The van der Waals surface area contributed by atoms with Crippen molar-refractivity contribution in [3.05, 3.63) is 12.5 Å². The SMILES string of the molecule is CCC1CN(S(=O)(=O)c2cn(CC)cn2)CCC1NC. The Hall–Kier alpha value is -0.920. The van der Waals surface area contributed by atoms with Crippen molar-refractivity contribution in [3.63, 3.8) is 0 Å². The monoisotopic (exact) mass is 300 g/mol. The molecule has 0 saturated carbocycles. The van der Waals surface area contributed by atoms with Gasteiger partial charge in [0.05, 0.1) is 6.33 Å². The average molecular weight is 300 g/mol. The Labute approximate surface area is 121 Å². The molecule has 2 atom stereocenters. The van der Waals surface area contributed by atoms with E-state index in [1.165, 1.54) is 0 Å². The van der Waals surface area contributed by atoms with Crippen LogP contribution in [0.3, 0.4) is 0 Å². The molecule has 2 heterocycles. The Morgan fingerprint density at radius 3 is 2.75 bits per heavy atom. The predicted octanol–water partition coefficient (Wildman–Crippen LogP) is 0.912. The first-order valence-electron chi connectivity index (χ1n) is 7.22. The van der Waals surface area contributed by atoms with Gasteiger partial charge >= 0.3 is 0 Å². The molecule has 0 aliphatic carbocycles.